The molecule has 2 unspecified atom stereocenters. The molecule has 1 aliphatic carbocycles. The number of nitrogens with one attached hydrogen (secondary N) is 1. The van der Waals surface area contributed by atoms with Crippen molar-refractivity contribution < 1.29 is 0 Å². The molecule has 1 N–H and O–H groups in total. The van der Waals surface area contributed by atoms with Gasteiger partial charge in [-0.1, -0.05) is 40.0 Å². The second kappa shape index (κ2) is 7.26. The lowest BCUT2D eigenvalue weighted by Crippen LogP contribution is -2.67. The minimum atomic E-state index is 0.370. The third kappa shape index (κ3) is 3.39. The molecule has 0 radical (unpaired) electrons. The van der Waals surface area contributed by atoms with Crippen LogP contribution >= 0.6 is 0 Å². The van der Waals surface area contributed by atoms with E-state index in [1.165, 1.54) is 64.5 Å². The summed E-state index contributed by atoms with van der Waals surface area (Å²) in [6.45, 7) is 12.0. The fourth-order valence-corrected chi connectivity index (χ4v) is 4.36. The van der Waals surface area contributed by atoms with Crippen LogP contribution in [0.3, 0.4) is 0 Å². The van der Waals surface area contributed by atoms with Crippen LogP contribution in [0.25, 0.3) is 0 Å². The normalized spacial score (nSPS) is 30.3. The molecule has 1 saturated heterocycles. The Balaban J connectivity index is 2.10. The van der Waals surface area contributed by atoms with Crippen LogP contribution in [-0.2, 0) is 0 Å². The predicted octanol–water partition coefficient (Wildman–Crippen LogP) is 4.20. The fourth-order valence-electron chi connectivity index (χ4n) is 4.36. The topological polar surface area (TPSA) is 15.3 Å². The standard InChI is InChI=1S/C18H36N2/c1-5-15(4)20-14-18(6-2,7-3)19-13-17(20)16-11-9-8-10-12-16/h15-17,19H,5-14H2,1-4H3. The summed E-state index contributed by atoms with van der Waals surface area (Å²) in [6, 6.07) is 1.53. The molecule has 1 heterocycles. The lowest BCUT2D eigenvalue weighted by atomic mass is 9.79. The van der Waals surface area contributed by atoms with Gasteiger partial charge >= 0.3 is 0 Å². The molecule has 20 heavy (non-hydrogen) atoms. The molecule has 0 bridgehead atoms. The van der Waals surface area contributed by atoms with Crippen molar-refractivity contribution in [3.63, 3.8) is 0 Å². The molecule has 2 heteroatoms. The quantitative estimate of drug-likeness (QED) is 0.812. The molecule has 0 aromatic carbocycles. The minimum absolute atomic E-state index is 0.370. The van der Waals surface area contributed by atoms with Crippen molar-refractivity contribution in [3.8, 4) is 0 Å². The van der Waals surface area contributed by atoms with E-state index in [0.717, 1.165) is 18.0 Å². The van der Waals surface area contributed by atoms with Gasteiger partial charge in [-0.3, -0.25) is 4.90 Å². The maximum absolute atomic E-state index is 3.95. The molecule has 1 aliphatic heterocycles. The Morgan fingerprint density at radius 1 is 1.10 bits per heavy atom. The maximum atomic E-state index is 3.95. The van der Waals surface area contributed by atoms with Gasteiger partial charge in [0.15, 0.2) is 0 Å². The molecule has 2 rings (SSSR count). The first-order valence-corrected chi connectivity index (χ1v) is 9.16. The Kier molecular flexibility index (Phi) is 5.92. The first-order chi connectivity index (χ1) is 9.65. The van der Waals surface area contributed by atoms with Gasteiger partial charge in [0.25, 0.3) is 0 Å². The molecule has 0 spiro atoms. The predicted molar refractivity (Wildman–Crippen MR) is 88.1 cm³/mol. The highest BCUT2D eigenvalue weighted by Gasteiger charge is 2.41. The van der Waals surface area contributed by atoms with Crippen LogP contribution in [0.1, 0.15) is 79.1 Å². The van der Waals surface area contributed by atoms with Crippen LogP contribution in [-0.4, -0.2) is 35.6 Å². The second-order valence-electron chi connectivity index (χ2n) is 7.26. The maximum Gasteiger partial charge on any atom is 0.0304 e. The third-order valence-electron chi connectivity index (χ3n) is 6.30. The zero-order valence-electron chi connectivity index (χ0n) is 14.3. The highest BCUT2D eigenvalue weighted by Crippen LogP contribution is 2.34. The van der Waals surface area contributed by atoms with E-state index in [4.69, 9.17) is 0 Å². The lowest BCUT2D eigenvalue weighted by Gasteiger charge is -2.52. The first-order valence-electron chi connectivity index (χ1n) is 9.16. The van der Waals surface area contributed by atoms with Crippen molar-refractivity contribution in [2.24, 2.45) is 5.92 Å². The average molecular weight is 281 g/mol. The van der Waals surface area contributed by atoms with Crippen LogP contribution in [0, 0.1) is 5.92 Å². The first kappa shape index (κ1) is 16.3. The molecular weight excluding hydrogens is 244 g/mol. The SMILES string of the molecule is CCC(C)N1CC(CC)(CC)NCC1C1CCCCC1. The van der Waals surface area contributed by atoms with E-state index >= 15 is 0 Å². The van der Waals surface area contributed by atoms with E-state index in [2.05, 4.69) is 37.9 Å². The van der Waals surface area contributed by atoms with Gasteiger partial charge in [0, 0.05) is 30.7 Å². The van der Waals surface area contributed by atoms with Crippen LogP contribution in [0.4, 0.5) is 0 Å². The molecule has 2 aliphatic rings. The van der Waals surface area contributed by atoms with Gasteiger partial charge in [-0.05, 0) is 44.9 Å². The van der Waals surface area contributed by atoms with Gasteiger partial charge in [0.05, 0.1) is 0 Å². The number of hydrogen-bond acceptors (Lipinski definition) is 2. The summed E-state index contributed by atoms with van der Waals surface area (Å²) in [5.74, 6) is 0.942. The summed E-state index contributed by atoms with van der Waals surface area (Å²) < 4.78 is 0. The van der Waals surface area contributed by atoms with Crippen molar-refractivity contribution in [1.82, 2.24) is 10.2 Å². The highest BCUT2D eigenvalue weighted by molar-refractivity contribution is 5.00. The van der Waals surface area contributed by atoms with Gasteiger partial charge in [0.1, 0.15) is 0 Å². The average Bonchev–Trinajstić information content (AvgIpc) is 2.54. The Bertz CT molecular complexity index is 279. The van der Waals surface area contributed by atoms with Gasteiger partial charge in [-0.2, -0.15) is 0 Å². The molecule has 0 aromatic rings. The van der Waals surface area contributed by atoms with Crippen LogP contribution < -0.4 is 5.32 Å². The molecule has 0 amide bonds. The van der Waals surface area contributed by atoms with Crippen LogP contribution in [0.15, 0.2) is 0 Å². The zero-order valence-corrected chi connectivity index (χ0v) is 14.3. The van der Waals surface area contributed by atoms with Gasteiger partial charge in [-0.25, -0.2) is 0 Å². The van der Waals surface area contributed by atoms with Crippen molar-refractivity contribution in [2.45, 2.75) is 96.7 Å². The van der Waals surface area contributed by atoms with Crippen molar-refractivity contribution >= 4 is 0 Å². The van der Waals surface area contributed by atoms with Crippen molar-refractivity contribution in [1.29, 1.82) is 0 Å². The Labute approximate surface area is 126 Å². The van der Waals surface area contributed by atoms with E-state index in [1.54, 1.807) is 0 Å². The molecule has 0 aromatic heterocycles. The fraction of sp³-hybridized carbons (Fsp3) is 1.00. The number of nitrogens with zero attached hydrogens (tertiary/aromatic N) is 1. The van der Waals surface area contributed by atoms with E-state index in [1.807, 2.05) is 0 Å². The van der Waals surface area contributed by atoms with Crippen molar-refractivity contribution in [2.75, 3.05) is 13.1 Å². The molecule has 2 fully saturated rings. The summed E-state index contributed by atoms with van der Waals surface area (Å²) in [5.41, 5.74) is 0.370. The summed E-state index contributed by atoms with van der Waals surface area (Å²) in [6.07, 6.45) is 11.1. The van der Waals surface area contributed by atoms with Crippen LogP contribution in [0.2, 0.25) is 0 Å². The highest BCUT2D eigenvalue weighted by atomic mass is 15.3. The Morgan fingerprint density at radius 2 is 1.75 bits per heavy atom. The molecule has 2 atom stereocenters. The smallest absolute Gasteiger partial charge is 0.0304 e. The lowest BCUT2D eigenvalue weighted by molar-refractivity contribution is 0.00551. The van der Waals surface area contributed by atoms with Crippen molar-refractivity contribution in [3.05, 3.63) is 0 Å². The van der Waals surface area contributed by atoms with E-state index in [-0.39, 0.29) is 0 Å². The van der Waals surface area contributed by atoms with E-state index in [0.29, 0.717) is 5.54 Å². The van der Waals surface area contributed by atoms with Gasteiger partial charge < -0.3 is 5.32 Å². The molecule has 118 valence electrons. The summed E-state index contributed by atoms with van der Waals surface area (Å²) >= 11 is 0. The second-order valence-corrected chi connectivity index (χ2v) is 7.26. The largest absolute Gasteiger partial charge is 0.308 e. The monoisotopic (exact) mass is 280 g/mol. The number of hydrogen-bond donors (Lipinski definition) is 1. The molecular formula is C18H36N2. The van der Waals surface area contributed by atoms with Gasteiger partial charge in [-0.15, -0.1) is 0 Å². The van der Waals surface area contributed by atoms with Gasteiger partial charge in [0.2, 0.25) is 0 Å². The third-order valence-corrected chi connectivity index (χ3v) is 6.30. The van der Waals surface area contributed by atoms with E-state index in [9.17, 15) is 0 Å². The Hall–Kier alpha value is -0.0800. The van der Waals surface area contributed by atoms with E-state index < -0.39 is 0 Å². The summed E-state index contributed by atoms with van der Waals surface area (Å²) in [7, 11) is 0. The molecule has 1 saturated carbocycles. The number of rotatable bonds is 5. The summed E-state index contributed by atoms with van der Waals surface area (Å²) in [5, 5.41) is 3.95. The Morgan fingerprint density at radius 3 is 2.30 bits per heavy atom. The number of piperazine rings is 1. The zero-order chi connectivity index (χ0) is 14.6. The minimum Gasteiger partial charge on any atom is -0.308 e. The molecule has 2 nitrogen and oxygen atoms in total. The summed E-state index contributed by atoms with van der Waals surface area (Å²) in [4.78, 5) is 2.87. The van der Waals surface area contributed by atoms with Crippen LogP contribution in [0.5, 0.6) is 0 Å².